The van der Waals surface area contributed by atoms with Gasteiger partial charge in [-0.1, -0.05) is 11.6 Å². The molecule has 1 aromatic rings. The van der Waals surface area contributed by atoms with Crippen molar-refractivity contribution in [3.63, 3.8) is 0 Å². The van der Waals surface area contributed by atoms with Crippen LogP contribution in [0.4, 0.5) is 0 Å². The highest BCUT2D eigenvalue weighted by Crippen LogP contribution is 2.29. The maximum Gasteiger partial charge on any atom is 0.178 e. The lowest BCUT2D eigenvalue weighted by Gasteiger charge is -2.11. The number of ether oxygens (including phenoxy) is 1. The zero-order valence-corrected chi connectivity index (χ0v) is 10.9. The Hall–Kier alpha value is -1.18. The van der Waals surface area contributed by atoms with Crippen molar-refractivity contribution in [2.75, 3.05) is 7.04 Å². The molecule has 90 valence electrons. The van der Waals surface area contributed by atoms with Crippen molar-refractivity contribution in [1.82, 2.24) is 0 Å². The number of rotatable bonds is 4. The van der Waals surface area contributed by atoms with Gasteiger partial charge >= 0.3 is 0 Å². The lowest BCUT2D eigenvalue weighted by atomic mass is 10.1. The number of hydrogen-bond donors (Lipinski definition) is 0. The predicted octanol–water partition coefficient (Wildman–Crippen LogP) is 3.44. The van der Waals surface area contributed by atoms with E-state index >= 15 is 0 Å². The second-order valence-corrected chi connectivity index (χ2v) is 4.95. The number of methoxy groups -OCH3 is 1. The number of thioether (sulfide) groups is 1. The van der Waals surface area contributed by atoms with E-state index in [0.717, 1.165) is 11.8 Å². The van der Waals surface area contributed by atoms with Gasteiger partial charge in [-0.05, 0) is 43.3 Å². The van der Waals surface area contributed by atoms with E-state index in [1.807, 2.05) is 5.40 Å². The van der Waals surface area contributed by atoms with Crippen LogP contribution in [0.2, 0.25) is 5.02 Å². The molecule has 0 N–H and O–H groups in total. The largest absolute Gasteiger partial charge is 0.496 e. The summed E-state index contributed by atoms with van der Waals surface area (Å²) in [4.78, 5) is 12.1. The van der Waals surface area contributed by atoms with Gasteiger partial charge in [-0.3, -0.25) is 4.79 Å². The van der Waals surface area contributed by atoms with E-state index in [2.05, 4.69) is 0 Å². The first-order valence-corrected chi connectivity index (χ1v) is 5.99. The normalized spacial score (nSPS) is 15.1. The number of carbonyl (C=O) groups excluding carboxylic acids is 1. The van der Waals surface area contributed by atoms with Crippen LogP contribution < -0.4 is 4.74 Å². The highest BCUT2D eigenvalue weighted by atomic mass is 35.5. The quantitative estimate of drug-likeness (QED) is 0.622. The molecule has 1 rings (SSSR count). The van der Waals surface area contributed by atoms with Crippen LogP contribution in [0, 0.1) is 17.6 Å². The van der Waals surface area contributed by atoms with Gasteiger partial charge in [0.05, 0.1) is 21.4 Å². The van der Waals surface area contributed by atoms with Gasteiger partial charge < -0.3 is 4.74 Å². The third-order valence-electron chi connectivity index (χ3n) is 2.24. The molecule has 0 bridgehead atoms. The monoisotopic (exact) mass is 272 g/mol. The Labute approximate surface area is 114 Å². The minimum absolute atomic E-state index is 0.102. The fourth-order valence-electron chi connectivity index (χ4n) is 1.31. The van der Waals surface area contributed by atoms with E-state index in [0.29, 0.717) is 5.56 Å². The molecule has 0 spiro atoms. The van der Waals surface area contributed by atoms with Gasteiger partial charge in [-0.25, -0.2) is 0 Å². The Morgan fingerprint density at radius 2 is 2.41 bits per heavy atom. The number of nitriles is 1. The third-order valence-corrected chi connectivity index (χ3v) is 3.22. The van der Waals surface area contributed by atoms with Crippen LogP contribution in [0.1, 0.15) is 27.0 Å². The summed E-state index contributed by atoms with van der Waals surface area (Å²) in [5.74, 6) is -0.183. The van der Waals surface area contributed by atoms with E-state index in [1.54, 1.807) is 13.8 Å². The second kappa shape index (κ2) is 5.95. The molecule has 3 nitrogen and oxygen atoms in total. The van der Waals surface area contributed by atoms with Crippen LogP contribution in [-0.2, 0) is 0 Å². The molecule has 0 saturated heterocycles. The molecule has 0 aromatic heterocycles. The van der Waals surface area contributed by atoms with Crippen molar-refractivity contribution in [2.45, 2.75) is 19.1 Å². The molecule has 0 aliphatic heterocycles. The number of hydrogen-bond acceptors (Lipinski definition) is 4. The molecule has 0 radical (unpaired) electrons. The number of aryl methyl sites for hydroxylation is 1. The van der Waals surface area contributed by atoms with E-state index in [1.165, 1.54) is 12.1 Å². The summed E-state index contributed by atoms with van der Waals surface area (Å²) in [5, 5.41) is 9.97. The molecule has 1 unspecified atom stereocenters. The Morgan fingerprint density at radius 3 is 3.00 bits per heavy atom. The SMILES string of the molecule is [2H]C([2H])([2H])Oc1cc(Cl)c(C(=O)C(C)SC#N)cc1C. The van der Waals surface area contributed by atoms with E-state index in [9.17, 15) is 4.79 Å². The van der Waals surface area contributed by atoms with Crippen LogP contribution in [0.25, 0.3) is 0 Å². The Bertz CT molecular complexity index is 569. The number of benzene rings is 1. The first-order valence-electron chi connectivity index (χ1n) is 6.24. The molecule has 0 amide bonds. The van der Waals surface area contributed by atoms with Gasteiger partial charge in [0.25, 0.3) is 0 Å². The predicted molar refractivity (Wildman–Crippen MR) is 69.7 cm³/mol. The van der Waals surface area contributed by atoms with Gasteiger partial charge in [0.15, 0.2) is 5.78 Å². The number of Topliss-reactive ketones (excluding diaryl/α,β-unsaturated/α-hetero) is 1. The highest BCUT2D eigenvalue weighted by Gasteiger charge is 2.19. The third kappa shape index (κ3) is 3.15. The fourth-order valence-corrected chi connectivity index (χ4v) is 1.95. The van der Waals surface area contributed by atoms with Crippen LogP contribution >= 0.6 is 23.4 Å². The lowest BCUT2D eigenvalue weighted by Crippen LogP contribution is -2.13. The molecule has 1 atom stereocenters. The summed E-state index contributed by atoms with van der Waals surface area (Å²) >= 11 is 6.83. The van der Waals surface area contributed by atoms with Crippen LogP contribution in [0.3, 0.4) is 0 Å². The zero-order chi connectivity index (χ0) is 15.5. The molecule has 0 heterocycles. The summed E-state index contributed by atoms with van der Waals surface area (Å²) in [7, 11) is -2.58. The van der Waals surface area contributed by atoms with E-state index in [-0.39, 0.29) is 22.1 Å². The van der Waals surface area contributed by atoms with Crippen LogP contribution in [0.5, 0.6) is 5.75 Å². The van der Waals surface area contributed by atoms with Crippen molar-refractivity contribution in [3.8, 4) is 11.2 Å². The maximum atomic E-state index is 12.1. The number of ketones is 1. The molecular weight excluding hydrogens is 258 g/mol. The molecule has 5 heteroatoms. The maximum absolute atomic E-state index is 12.1. The average Bonchev–Trinajstić information content (AvgIpc) is 2.31. The highest BCUT2D eigenvalue weighted by molar-refractivity contribution is 8.04. The van der Waals surface area contributed by atoms with Crippen molar-refractivity contribution < 1.29 is 13.6 Å². The number of carbonyl (C=O) groups is 1. The van der Waals surface area contributed by atoms with Gasteiger partial charge in [0.2, 0.25) is 0 Å². The number of nitrogens with zero attached hydrogens (tertiary/aromatic N) is 1. The smallest absolute Gasteiger partial charge is 0.178 e. The van der Waals surface area contributed by atoms with Gasteiger partial charge in [0, 0.05) is 5.56 Å². The molecule has 1 aromatic carbocycles. The minimum Gasteiger partial charge on any atom is -0.496 e. The summed E-state index contributed by atoms with van der Waals surface area (Å²) in [6.07, 6.45) is 0. The Balaban J connectivity index is 3.12. The van der Waals surface area contributed by atoms with Gasteiger partial charge in [-0.15, -0.1) is 0 Å². The second-order valence-electron chi connectivity index (χ2n) is 3.42. The molecule has 0 aliphatic carbocycles. The zero-order valence-electron chi connectivity index (χ0n) is 12.3. The summed E-state index contributed by atoms with van der Waals surface area (Å²) in [6, 6.07) is 2.78. The standard InChI is InChI=1S/C12H12ClNO2S/c1-7-4-9(10(13)5-11(7)16-3)12(15)8(2)17-6-14/h4-5,8H,1-3H3/i3D3. The van der Waals surface area contributed by atoms with Gasteiger partial charge in [0.1, 0.15) is 11.2 Å². The lowest BCUT2D eigenvalue weighted by molar-refractivity contribution is 0.0994. The summed E-state index contributed by atoms with van der Waals surface area (Å²) in [5.41, 5.74) is 0.736. The molecule has 0 fully saturated rings. The van der Waals surface area contributed by atoms with Crippen molar-refractivity contribution in [1.29, 1.82) is 5.26 Å². The molecule has 0 aliphatic rings. The first-order chi connectivity index (χ1) is 9.15. The average molecular weight is 273 g/mol. The Kier molecular flexibility index (Phi) is 3.43. The van der Waals surface area contributed by atoms with Crippen LogP contribution in [0.15, 0.2) is 12.1 Å². The summed E-state index contributed by atoms with van der Waals surface area (Å²) < 4.78 is 26.0. The molecule has 17 heavy (non-hydrogen) atoms. The Morgan fingerprint density at radius 1 is 1.71 bits per heavy atom. The van der Waals surface area contributed by atoms with Crippen molar-refractivity contribution >= 4 is 29.1 Å². The molecule has 0 saturated carbocycles. The van der Waals surface area contributed by atoms with Crippen molar-refractivity contribution in [3.05, 3.63) is 28.3 Å². The van der Waals surface area contributed by atoms with E-state index < -0.39 is 12.3 Å². The van der Waals surface area contributed by atoms with Crippen LogP contribution in [-0.4, -0.2) is 18.1 Å². The van der Waals surface area contributed by atoms with E-state index in [4.69, 9.17) is 25.7 Å². The van der Waals surface area contributed by atoms with Gasteiger partial charge in [-0.2, -0.15) is 5.26 Å². The summed E-state index contributed by atoms with van der Waals surface area (Å²) in [6.45, 7) is 3.23. The number of halogens is 1. The number of thiocyanates is 1. The molecular formula is C12H12ClNO2S. The first kappa shape index (κ1) is 9.81. The minimum atomic E-state index is -2.58. The van der Waals surface area contributed by atoms with Crippen molar-refractivity contribution in [2.24, 2.45) is 0 Å². The topological polar surface area (TPSA) is 50.1 Å². The fraction of sp³-hybridized carbons (Fsp3) is 0.333.